The zero-order chi connectivity index (χ0) is 21.1. The summed E-state index contributed by atoms with van der Waals surface area (Å²) in [6, 6.07) is 14.3. The maximum Gasteiger partial charge on any atom is 0.261 e. The van der Waals surface area contributed by atoms with E-state index in [4.69, 9.17) is 16.3 Å². The first-order valence-electron chi connectivity index (χ1n) is 9.24. The van der Waals surface area contributed by atoms with Gasteiger partial charge in [0.15, 0.2) is 0 Å². The van der Waals surface area contributed by atoms with Gasteiger partial charge in [0.05, 0.1) is 34.5 Å². The molecule has 0 unspecified atom stereocenters. The maximum atomic E-state index is 12.7. The molecule has 3 aromatic rings. The largest absolute Gasteiger partial charge is 0.377 e. The molecule has 1 fully saturated rings. The van der Waals surface area contributed by atoms with Crippen molar-refractivity contribution >= 4 is 34.8 Å². The van der Waals surface area contributed by atoms with E-state index in [-0.39, 0.29) is 29.5 Å². The average Bonchev–Trinajstić information content (AvgIpc) is 3.37. The third kappa shape index (κ3) is 4.46. The maximum absolute atomic E-state index is 12.7. The molecule has 3 heterocycles. The number of hydrogen-bond acceptors (Lipinski definition) is 5. The molecule has 9 heteroatoms. The van der Waals surface area contributed by atoms with E-state index in [2.05, 4.69) is 10.6 Å². The van der Waals surface area contributed by atoms with Crippen LogP contribution in [-0.2, 0) is 4.74 Å². The fraction of sp³-hybridized carbons (Fsp3) is 0.190. The van der Waals surface area contributed by atoms with Crippen molar-refractivity contribution in [3.8, 4) is 5.69 Å². The summed E-state index contributed by atoms with van der Waals surface area (Å²) < 4.78 is 7.48. The predicted molar refractivity (Wildman–Crippen MR) is 115 cm³/mol. The molecule has 2 N–H and O–H groups in total. The number of benzene rings is 1. The van der Waals surface area contributed by atoms with Gasteiger partial charge in [-0.25, -0.2) is 0 Å². The van der Waals surface area contributed by atoms with Crippen LogP contribution in [0.25, 0.3) is 5.69 Å². The fourth-order valence-electron chi connectivity index (χ4n) is 3.18. The molecule has 0 bridgehead atoms. The molecule has 2 aromatic heterocycles. The van der Waals surface area contributed by atoms with Gasteiger partial charge in [-0.05, 0) is 42.5 Å². The highest BCUT2D eigenvalue weighted by atomic mass is 35.5. The van der Waals surface area contributed by atoms with Gasteiger partial charge in [0.2, 0.25) is 0 Å². The molecule has 1 aliphatic rings. The number of pyridine rings is 1. The van der Waals surface area contributed by atoms with Crippen molar-refractivity contribution < 1.29 is 14.3 Å². The Morgan fingerprint density at radius 1 is 0.967 bits per heavy atom. The van der Waals surface area contributed by atoms with Gasteiger partial charge in [-0.1, -0.05) is 17.7 Å². The molecule has 2 amide bonds. The highest BCUT2D eigenvalue weighted by Gasteiger charge is 2.31. The van der Waals surface area contributed by atoms with Crippen LogP contribution in [0, 0.1) is 0 Å². The summed E-state index contributed by atoms with van der Waals surface area (Å²) in [5.41, 5.74) is 0.967. The Balaban J connectivity index is 1.41. The summed E-state index contributed by atoms with van der Waals surface area (Å²) >= 11 is 7.08. The van der Waals surface area contributed by atoms with Crippen molar-refractivity contribution in [2.24, 2.45) is 0 Å². The van der Waals surface area contributed by atoms with Gasteiger partial charge in [-0.15, -0.1) is 11.3 Å². The Morgan fingerprint density at radius 3 is 2.30 bits per heavy atom. The molecule has 2 atom stereocenters. The molecule has 0 spiro atoms. The first kappa shape index (κ1) is 20.3. The number of amides is 2. The number of rotatable bonds is 5. The molecule has 1 saturated heterocycles. The molecule has 1 aliphatic heterocycles. The molecule has 154 valence electrons. The number of carbonyl (C=O) groups is 2. The molecule has 4 rings (SSSR count). The first-order chi connectivity index (χ1) is 14.5. The Kier molecular flexibility index (Phi) is 5.98. The molecule has 0 saturated carbocycles. The van der Waals surface area contributed by atoms with Gasteiger partial charge < -0.3 is 15.4 Å². The molecule has 0 radical (unpaired) electrons. The molecular formula is C21H18ClN3O4S. The molecule has 1 aromatic carbocycles. The lowest BCUT2D eigenvalue weighted by Crippen LogP contribution is -2.50. The second kappa shape index (κ2) is 8.83. The summed E-state index contributed by atoms with van der Waals surface area (Å²) in [7, 11) is 0. The van der Waals surface area contributed by atoms with Crippen LogP contribution in [0.5, 0.6) is 0 Å². The van der Waals surface area contributed by atoms with E-state index in [0.717, 1.165) is 0 Å². The molecule has 30 heavy (non-hydrogen) atoms. The SMILES string of the molecule is O=C(N[C@@H]1COC[C@@H]1NC(=O)c1ccc(Cl)s1)c1ccc(-n2ccccc2=O)cc1. The van der Waals surface area contributed by atoms with E-state index < -0.39 is 0 Å². The third-order valence-corrected chi connectivity index (χ3v) is 5.97. The third-order valence-electron chi connectivity index (χ3n) is 4.74. The normalized spacial score (nSPS) is 18.2. The highest BCUT2D eigenvalue weighted by molar-refractivity contribution is 7.18. The molecular weight excluding hydrogens is 426 g/mol. The standard InChI is InChI=1S/C21H18ClN3O4S/c22-18-9-8-17(30-18)21(28)24-16-12-29-11-15(16)23-20(27)13-4-6-14(7-5-13)25-10-2-1-3-19(25)26/h1-10,15-16H,11-12H2,(H,23,27)(H,24,28)/t15-,16+/m1/s1. The van der Waals surface area contributed by atoms with Gasteiger partial charge in [-0.2, -0.15) is 0 Å². The van der Waals surface area contributed by atoms with Crippen molar-refractivity contribution in [1.29, 1.82) is 0 Å². The number of hydrogen-bond donors (Lipinski definition) is 2. The predicted octanol–water partition coefficient (Wildman–Crippen LogP) is 2.48. The van der Waals surface area contributed by atoms with E-state index in [9.17, 15) is 14.4 Å². The van der Waals surface area contributed by atoms with Crippen molar-refractivity contribution in [3.63, 3.8) is 0 Å². The van der Waals surface area contributed by atoms with Crippen LogP contribution in [-0.4, -0.2) is 41.7 Å². The fourth-order valence-corrected chi connectivity index (χ4v) is 4.13. The minimum atomic E-state index is -0.353. The Morgan fingerprint density at radius 2 is 1.67 bits per heavy atom. The number of carbonyl (C=O) groups excluding carboxylic acids is 2. The average molecular weight is 444 g/mol. The van der Waals surface area contributed by atoms with Crippen molar-refractivity contribution in [2.75, 3.05) is 13.2 Å². The monoisotopic (exact) mass is 443 g/mol. The Labute approximate surface area is 181 Å². The van der Waals surface area contributed by atoms with Crippen LogP contribution < -0.4 is 16.2 Å². The lowest BCUT2D eigenvalue weighted by atomic mass is 10.1. The van der Waals surface area contributed by atoms with Crippen molar-refractivity contribution in [2.45, 2.75) is 12.1 Å². The van der Waals surface area contributed by atoms with E-state index in [0.29, 0.717) is 33.7 Å². The van der Waals surface area contributed by atoms with Crippen molar-refractivity contribution in [1.82, 2.24) is 15.2 Å². The first-order valence-corrected chi connectivity index (χ1v) is 10.4. The zero-order valence-electron chi connectivity index (χ0n) is 15.7. The van der Waals surface area contributed by atoms with Gasteiger partial charge in [0.25, 0.3) is 17.4 Å². The van der Waals surface area contributed by atoms with E-state index in [1.54, 1.807) is 54.7 Å². The zero-order valence-corrected chi connectivity index (χ0v) is 17.3. The summed E-state index contributed by atoms with van der Waals surface area (Å²) in [5.74, 6) is -0.532. The number of ether oxygens (including phenoxy) is 1. The number of nitrogens with one attached hydrogen (secondary N) is 2. The smallest absolute Gasteiger partial charge is 0.261 e. The lowest BCUT2D eigenvalue weighted by molar-refractivity contribution is 0.0898. The Hall–Kier alpha value is -2.94. The summed E-state index contributed by atoms with van der Waals surface area (Å²) in [6.45, 7) is 0.616. The molecule has 7 nitrogen and oxygen atoms in total. The minimum absolute atomic E-state index is 0.150. The number of thiophene rings is 1. The quantitative estimate of drug-likeness (QED) is 0.634. The van der Waals surface area contributed by atoms with E-state index in [1.165, 1.54) is 22.0 Å². The topological polar surface area (TPSA) is 89.4 Å². The molecule has 0 aliphatic carbocycles. The summed E-state index contributed by atoms with van der Waals surface area (Å²) in [5, 5.41) is 5.80. The van der Waals surface area contributed by atoms with Crippen LogP contribution in [0.15, 0.2) is 65.6 Å². The summed E-state index contributed by atoms with van der Waals surface area (Å²) in [6.07, 6.45) is 1.67. The Bertz CT molecular complexity index is 1130. The highest BCUT2D eigenvalue weighted by Crippen LogP contribution is 2.21. The summed E-state index contributed by atoms with van der Waals surface area (Å²) in [4.78, 5) is 37.4. The van der Waals surface area contributed by atoms with Crippen molar-refractivity contribution in [3.05, 3.63) is 85.9 Å². The minimum Gasteiger partial charge on any atom is -0.377 e. The number of aromatic nitrogens is 1. The van der Waals surface area contributed by atoms with Crippen LogP contribution in [0.1, 0.15) is 20.0 Å². The van der Waals surface area contributed by atoms with Crippen LogP contribution >= 0.6 is 22.9 Å². The van der Waals surface area contributed by atoms with Gasteiger partial charge >= 0.3 is 0 Å². The number of halogens is 1. The van der Waals surface area contributed by atoms with Gasteiger partial charge in [0.1, 0.15) is 0 Å². The second-order valence-corrected chi connectivity index (χ2v) is 8.47. The van der Waals surface area contributed by atoms with Crippen LogP contribution in [0.3, 0.4) is 0 Å². The van der Waals surface area contributed by atoms with Gasteiger partial charge in [0, 0.05) is 23.5 Å². The van der Waals surface area contributed by atoms with Gasteiger partial charge in [-0.3, -0.25) is 19.0 Å². The number of nitrogens with zero attached hydrogens (tertiary/aromatic N) is 1. The van der Waals surface area contributed by atoms with Crippen LogP contribution in [0.4, 0.5) is 0 Å². The van der Waals surface area contributed by atoms with Crippen LogP contribution in [0.2, 0.25) is 4.34 Å². The van der Waals surface area contributed by atoms with E-state index in [1.807, 2.05) is 0 Å². The second-order valence-electron chi connectivity index (χ2n) is 6.76. The van der Waals surface area contributed by atoms with E-state index >= 15 is 0 Å². The lowest BCUT2D eigenvalue weighted by Gasteiger charge is -2.20.